The molecule has 0 aliphatic heterocycles. The lowest BCUT2D eigenvalue weighted by molar-refractivity contribution is 0.0986. The number of rotatable bonds is 3. The predicted molar refractivity (Wildman–Crippen MR) is 57.8 cm³/mol. The fourth-order valence-electron chi connectivity index (χ4n) is 1.00. The van der Waals surface area contributed by atoms with Crippen molar-refractivity contribution >= 4 is 35.7 Å². The fourth-order valence-corrected chi connectivity index (χ4v) is 1.52. The second-order valence-corrected chi connectivity index (χ2v) is 3.50. The Morgan fingerprint density at radius 2 is 2.23 bits per heavy atom. The molecule has 0 heterocycles. The summed E-state index contributed by atoms with van der Waals surface area (Å²) in [5, 5.41) is 0. The second-order valence-electron chi connectivity index (χ2n) is 2.64. The number of hydrogen-bond acceptors (Lipinski definition) is 3. The van der Waals surface area contributed by atoms with Gasteiger partial charge in [0.1, 0.15) is 0 Å². The fraction of sp³-hybridized carbons (Fsp3) is 0.222. The Bertz CT molecular complexity index is 327. The summed E-state index contributed by atoms with van der Waals surface area (Å²) in [6.07, 6.45) is 0.332. The molecule has 2 nitrogen and oxygen atoms in total. The normalized spacial score (nSPS) is 10.0. The number of nitrogen functional groups attached to an aromatic ring is 1. The number of alkyl halides is 1. The zero-order chi connectivity index (χ0) is 9.84. The zero-order valence-corrected chi connectivity index (χ0v) is 8.61. The summed E-state index contributed by atoms with van der Waals surface area (Å²) < 4.78 is 0. The molecular weight excluding hydrogens is 206 g/mol. The number of halogens is 1. The molecule has 0 aliphatic rings. The van der Waals surface area contributed by atoms with E-state index >= 15 is 0 Å². The van der Waals surface area contributed by atoms with Crippen LogP contribution in [0.15, 0.2) is 23.1 Å². The minimum Gasteiger partial charge on any atom is -0.399 e. The van der Waals surface area contributed by atoms with Crippen LogP contribution in [0.5, 0.6) is 0 Å². The van der Waals surface area contributed by atoms with Gasteiger partial charge < -0.3 is 5.73 Å². The van der Waals surface area contributed by atoms with Crippen LogP contribution in [-0.2, 0) is 0 Å². The quantitative estimate of drug-likeness (QED) is 0.352. The van der Waals surface area contributed by atoms with E-state index in [4.69, 9.17) is 17.3 Å². The highest BCUT2D eigenvalue weighted by atomic mass is 35.5. The van der Waals surface area contributed by atoms with Gasteiger partial charge >= 0.3 is 0 Å². The smallest absolute Gasteiger partial charge is 0.165 e. The molecule has 0 radical (unpaired) electrons. The van der Waals surface area contributed by atoms with Gasteiger partial charge in [-0.25, -0.2) is 0 Å². The average molecular weight is 216 g/mol. The molecule has 2 N–H and O–H groups in total. The molecule has 0 spiro atoms. The maximum Gasteiger partial charge on any atom is 0.165 e. The maximum absolute atomic E-state index is 11.4. The molecular formula is C9H10ClNOS. The van der Waals surface area contributed by atoms with Gasteiger partial charge in [-0.15, -0.1) is 24.2 Å². The summed E-state index contributed by atoms with van der Waals surface area (Å²) in [5.41, 5.74) is 6.70. The Hall–Kier alpha value is -0.670. The van der Waals surface area contributed by atoms with Gasteiger partial charge in [0.25, 0.3) is 0 Å². The first-order valence-electron chi connectivity index (χ1n) is 3.83. The number of carbonyl (C=O) groups is 1. The van der Waals surface area contributed by atoms with Gasteiger partial charge in [-0.1, -0.05) is 0 Å². The van der Waals surface area contributed by atoms with Gasteiger partial charge in [0.05, 0.1) is 0 Å². The van der Waals surface area contributed by atoms with E-state index in [1.165, 1.54) is 0 Å². The Morgan fingerprint density at radius 1 is 1.54 bits per heavy atom. The van der Waals surface area contributed by atoms with Crippen molar-refractivity contribution in [3.8, 4) is 0 Å². The van der Waals surface area contributed by atoms with E-state index in [1.807, 2.05) is 0 Å². The van der Waals surface area contributed by atoms with Crippen LogP contribution >= 0.6 is 24.2 Å². The lowest BCUT2D eigenvalue weighted by atomic mass is 10.1. The summed E-state index contributed by atoms with van der Waals surface area (Å²) in [7, 11) is 0. The molecule has 0 amide bonds. The standard InChI is InChI=1S/C9H10ClNOS/c10-4-3-8(12)7-2-1-6(11)5-9(7)13/h1-2,5,13H,3-4,11H2. The van der Waals surface area contributed by atoms with Crippen LogP contribution in [0.25, 0.3) is 0 Å². The highest BCUT2D eigenvalue weighted by Crippen LogP contribution is 2.18. The van der Waals surface area contributed by atoms with Crippen molar-refractivity contribution in [2.75, 3.05) is 11.6 Å². The van der Waals surface area contributed by atoms with Crippen molar-refractivity contribution in [3.63, 3.8) is 0 Å². The Morgan fingerprint density at radius 3 is 2.77 bits per heavy atom. The molecule has 0 unspecified atom stereocenters. The van der Waals surface area contributed by atoms with Gasteiger partial charge in [-0.3, -0.25) is 4.79 Å². The van der Waals surface area contributed by atoms with Crippen molar-refractivity contribution in [3.05, 3.63) is 23.8 Å². The molecule has 0 aromatic heterocycles. The molecule has 0 saturated heterocycles. The third kappa shape index (κ3) is 2.64. The highest BCUT2D eigenvalue weighted by molar-refractivity contribution is 7.80. The number of anilines is 1. The monoisotopic (exact) mass is 215 g/mol. The van der Waals surface area contributed by atoms with E-state index in [2.05, 4.69) is 12.6 Å². The summed E-state index contributed by atoms with van der Waals surface area (Å²) >= 11 is 9.62. The van der Waals surface area contributed by atoms with E-state index in [1.54, 1.807) is 18.2 Å². The number of nitrogens with two attached hydrogens (primary N) is 1. The molecule has 1 aromatic carbocycles. The molecule has 0 aliphatic carbocycles. The first-order chi connectivity index (χ1) is 6.15. The lowest BCUT2D eigenvalue weighted by Gasteiger charge is -2.03. The van der Waals surface area contributed by atoms with Gasteiger partial charge in [0, 0.05) is 28.4 Å². The number of thiol groups is 1. The van der Waals surface area contributed by atoms with Crippen molar-refractivity contribution in [2.45, 2.75) is 11.3 Å². The number of ketones is 1. The molecule has 0 saturated carbocycles. The first-order valence-corrected chi connectivity index (χ1v) is 4.81. The first kappa shape index (κ1) is 10.4. The largest absolute Gasteiger partial charge is 0.399 e. The van der Waals surface area contributed by atoms with E-state index < -0.39 is 0 Å². The predicted octanol–water partition coefficient (Wildman–Crippen LogP) is 2.37. The number of Topliss-reactive ketones (excluding diaryl/α,β-unsaturated/α-hetero) is 1. The van der Waals surface area contributed by atoms with Crippen LogP contribution in [0.4, 0.5) is 5.69 Å². The van der Waals surface area contributed by atoms with Crippen molar-refractivity contribution in [2.24, 2.45) is 0 Å². The molecule has 13 heavy (non-hydrogen) atoms. The SMILES string of the molecule is Nc1ccc(C(=O)CCCl)c(S)c1. The summed E-state index contributed by atoms with van der Waals surface area (Å²) in [5.74, 6) is 0.330. The van der Waals surface area contributed by atoms with Crippen molar-refractivity contribution < 1.29 is 4.79 Å². The summed E-state index contributed by atoms with van der Waals surface area (Å²) in [6, 6.07) is 5.01. The summed E-state index contributed by atoms with van der Waals surface area (Å²) in [4.78, 5) is 12.0. The molecule has 1 aromatic rings. The second kappa shape index (κ2) is 4.53. The third-order valence-electron chi connectivity index (χ3n) is 1.64. The lowest BCUT2D eigenvalue weighted by Crippen LogP contribution is -2.01. The molecule has 0 atom stereocenters. The Labute approximate surface area is 87.5 Å². The molecule has 0 fully saturated rings. The number of carbonyl (C=O) groups excluding carboxylic acids is 1. The minimum atomic E-state index is 0.000000000000000444. The molecule has 0 bridgehead atoms. The Kier molecular flexibility index (Phi) is 3.63. The van der Waals surface area contributed by atoms with Crippen LogP contribution in [0.3, 0.4) is 0 Å². The van der Waals surface area contributed by atoms with Crippen molar-refractivity contribution in [1.29, 1.82) is 0 Å². The van der Waals surface area contributed by atoms with E-state index in [-0.39, 0.29) is 5.78 Å². The van der Waals surface area contributed by atoms with Gasteiger partial charge in [-0.2, -0.15) is 0 Å². The number of benzene rings is 1. The van der Waals surface area contributed by atoms with E-state index in [0.717, 1.165) is 0 Å². The molecule has 70 valence electrons. The van der Waals surface area contributed by atoms with Gasteiger partial charge in [0.2, 0.25) is 0 Å². The van der Waals surface area contributed by atoms with Crippen molar-refractivity contribution in [1.82, 2.24) is 0 Å². The highest BCUT2D eigenvalue weighted by Gasteiger charge is 2.08. The van der Waals surface area contributed by atoms with Crippen LogP contribution in [0.2, 0.25) is 0 Å². The van der Waals surface area contributed by atoms with Gasteiger partial charge in [-0.05, 0) is 18.2 Å². The maximum atomic E-state index is 11.4. The van der Waals surface area contributed by atoms with Crippen LogP contribution in [-0.4, -0.2) is 11.7 Å². The van der Waals surface area contributed by atoms with Crippen LogP contribution < -0.4 is 5.73 Å². The average Bonchev–Trinajstić information content (AvgIpc) is 2.04. The van der Waals surface area contributed by atoms with E-state index in [0.29, 0.717) is 28.4 Å². The third-order valence-corrected chi connectivity index (χ3v) is 2.20. The van der Waals surface area contributed by atoms with E-state index in [9.17, 15) is 4.79 Å². The summed E-state index contributed by atoms with van der Waals surface area (Å²) in [6.45, 7) is 0. The molecule has 4 heteroatoms. The minimum absolute atomic E-state index is 0.000000000000000444. The zero-order valence-electron chi connectivity index (χ0n) is 6.96. The van der Waals surface area contributed by atoms with Crippen LogP contribution in [0, 0.1) is 0 Å². The van der Waals surface area contributed by atoms with Gasteiger partial charge in [0.15, 0.2) is 5.78 Å². The Balaban J connectivity index is 2.95. The topological polar surface area (TPSA) is 43.1 Å². The molecule has 1 rings (SSSR count). The number of hydrogen-bond donors (Lipinski definition) is 2. The van der Waals surface area contributed by atoms with Crippen LogP contribution in [0.1, 0.15) is 16.8 Å².